The molecule has 8 heteroatoms. The minimum atomic E-state index is -0.0532. The van der Waals surface area contributed by atoms with E-state index in [0.29, 0.717) is 36.2 Å². The van der Waals surface area contributed by atoms with Gasteiger partial charge in [-0.1, -0.05) is 12.1 Å². The second-order valence-corrected chi connectivity index (χ2v) is 8.29. The van der Waals surface area contributed by atoms with Crippen molar-refractivity contribution in [3.63, 3.8) is 0 Å². The van der Waals surface area contributed by atoms with Crippen LogP contribution in [0.3, 0.4) is 0 Å². The maximum absolute atomic E-state index is 11.9. The summed E-state index contributed by atoms with van der Waals surface area (Å²) in [5.74, 6) is 2.47. The third-order valence-corrected chi connectivity index (χ3v) is 6.32. The normalized spacial score (nSPS) is 16.1. The molecule has 8 nitrogen and oxygen atoms in total. The molecule has 2 aromatic carbocycles. The number of methoxy groups -OCH3 is 2. The number of likely N-dealkylation sites (N-methyl/N-ethyl adjacent to an activating group) is 1. The average Bonchev–Trinajstić information content (AvgIpc) is 3.55. The number of hydrogen-bond acceptors (Lipinski definition) is 6. The van der Waals surface area contributed by atoms with Gasteiger partial charge >= 0.3 is 0 Å². The molecule has 5 rings (SSSR count). The van der Waals surface area contributed by atoms with E-state index in [-0.39, 0.29) is 11.8 Å². The maximum atomic E-state index is 11.9. The predicted molar refractivity (Wildman–Crippen MR) is 125 cm³/mol. The first kappa shape index (κ1) is 21.1. The number of likely N-dealkylation sites (tertiary alicyclic amines) is 1. The van der Waals surface area contributed by atoms with E-state index in [1.54, 1.807) is 26.2 Å². The largest absolute Gasteiger partial charge is 0.493 e. The van der Waals surface area contributed by atoms with Crippen molar-refractivity contribution in [1.82, 2.24) is 20.0 Å². The van der Waals surface area contributed by atoms with Crippen molar-refractivity contribution in [2.75, 3.05) is 27.8 Å². The first-order valence-corrected chi connectivity index (χ1v) is 11.0. The Kier molecular flexibility index (Phi) is 5.28. The predicted octanol–water partition coefficient (Wildman–Crippen LogP) is 4.41. The van der Waals surface area contributed by atoms with Crippen LogP contribution >= 0.6 is 0 Å². The van der Waals surface area contributed by atoms with E-state index in [2.05, 4.69) is 28.1 Å². The van der Waals surface area contributed by atoms with Crippen molar-refractivity contribution in [3.8, 4) is 34.1 Å². The molecule has 4 aromatic rings. The third-order valence-electron chi connectivity index (χ3n) is 6.32. The summed E-state index contributed by atoms with van der Waals surface area (Å²) in [6.45, 7) is 2.74. The highest BCUT2D eigenvalue weighted by molar-refractivity contribution is 5.93. The molecule has 1 atom stereocenters. The van der Waals surface area contributed by atoms with Gasteiger partial charge in [-0.2, -0.15) is 4.98 Å². The van der Waals surface area contributed by atoms with Crippen LogP contribution in [0.15, 0.2) is 40.9 Å². The highest BCUT2D eigenvalue weighted by Crippen LogP contribution is 2.37. The van der Waals surface area contributed by atoms with Gasteiger partial charge in [0.2, 0.25) is 17.6 Å². The van der Waals surface area contributed by atoms with Gasteiger partial charge in [-0.15, -0.1) is 0 Å². The highest BCUT2D eigenvalue weighted by atomic mass is 16.5. The molecule has 0 spiro atoms. The van der Waals surface area contributed by atoms with Crippen molar-refractivity contribution in [2.24, 2.45) is 0 Å². The molecule has 0 aliphatic carbocycles. The fourth-order valence-corrected chi connectivity index (χ4v) is 4.54. The van der Waals surface area contributed by atoms with Gasteiger partial charge in [0.15, 0.2) is 11.5 Å². The van der Waals surface area contributed by atoms with Crippen molar-refractivity contribution in [1.29, 1.82) is 0 Å². The molecule has 2 aromatic heterocycles. The molecule has 0 saturated carbocycles. The van der Waals surface area contributed by atoms with Crippen molar-refractivity contribution < 1.29 is 18.8 Å². The summed E-state index contributed by atoms with van der Waals surface area (Å²) >= 11 is 0. The van der Waals surface area contributed by atoms with Crippen LogP contribution in [0, 0.1) is 0 Å². The van der Waals surface area contributed by atoms with E-state index >= 15 is 0 Å². The number of rotatable bonds is 6. The standard InChI is InChI=1S/C25H26N4O4/c1-5-17-18-10-15(24-27-25(33-28-24)16-12-22(30)29(2)13-16)6-8-19(18)26-23(17)14-7-9-20(31-3)21(11-14)32-4/h6-11,16,26H,5,12-13H2,1-4H3. The van der Waals surface area contributed by atoms with E-state index in [9.17, 15) is 4.79 Å². The van der Waals surface area contributed by atoms with Gasteiger partial charge in [0.05, 0.1) is 20.1 Å². The summed E-state index contributed by atoms with van der Waals surface area (Å²) in [5.41, 5.74) is 5.19. The van der Waals surface area contributed by atoms with Crippen LogP contribution in [0.4, 0.5) is 0 Å². The zero-order valence-electron chi connectivity index (χ0n) is 19.1. The zero-order valence-corrected chi connectivity index (χ0v) is 19.1. The molecule has 1 unspecified atom stereocenters. The number of H-pyrrole nitrogens is 1. The summed E-state index contributed by atoms with van der Waals surface area (Å²) in [7, 11) is 5.06. The topological polar surface area (TPSA) is 93.5 Å². The van der Waals surface area contributed by atoms with E-state index in [1.165, 1.54) is 5.56 Å². The van der Waals surface area contributed by atoms with Gasteiger partial charge in [0, 0.05) is 47.7 Å². The number of aromatic amines is 1. The molecule has 0 bridgehead atoms. The minimum Gasteiger partial charge on any atom is -0.493 e. The van der Waals surface area contributed by atoms with E-state index in [1.807, 2.05) is 30.3 Å². The summed E-state index contributed by atoms with van der Waals surface area (Å²) < 4.78 is 16.4. The SMILES string of the molecule is CCc1c(-c2ccc(OC)c(OC)c2)[nH]c2ccc(-c3noc(C4CC(=O)N(C)C4)n3)cc12. The Labute approximate surface area is 191 Å². The van der Waals surface area contributed by atoms with Crippen LogP contribution in [0.2, 0.25) is 0 Å². The lowest BCUT2D eigenvalue weighted by Gasteiger charge is -2.10. The Balaban J connectivity index is 1.52. The fraction of sp³-hybridized carbons (Fsp3) is 0.320. The number of aromatic nitrogens is 3. The van der Waals surface area contributed by atoms with Crippen LogP contribution in [-0.4, -0.2) is 53.7 Å². The van der Waals surface area contributed by atoms with Crippen LogP contribution in [-0.2, 0) is 11.2 Å². The number of nitrogens with one attached hydrogen (secondary N) is 1. The van der Waals surface area contributed by atoms with Crippen LogP contribution in [0.5, 0.6) is 11.5 Å². The molecule has 0 radical (unpaired) electrons. The zero-order chi connectivity index (χ0) is 23.1. The Bertz CT molecular complexity index is 1340. The quantitative estimate of drug-likeness (QED) is 0.472. The van der Waals surface area contributed by atoms with E-state index in [0.717, 1.165) is 34.1 Å². The Morgan fingerprint density at radius 2 is 1.91 bits per heavy atom. The summed E-state index contributed by atoms with van der Waals surface area (Å²) in [5, 5.41) is 5.31. The highest BCUT2D eigenvalue weighted by Gasteiger charge is 2.32. The fourth-order valence-electron chi connectivity index (χ4n) is 4.54. The lowest BCUT2D eigenvalue weighted by molar-refractivity contribution is -0.126. The number of fused-ring (bicyclic) bond motifs is 1. The van der Waals surface area contributed by atoms with Crippen LogP contribution in [0.25, 0.3) is 33.5 Å². The Morgan fingerprint density at radius 1 is 1.12 bits per heavy atom. The number of aryl methyl sites for hydroxylation is 1. The molecule has 33 heavy (non-hydrogen) atoms. The molecule has 1 fully saturated rings. The number of amides is 1. The number of carbonyl (C=O) groups excluding carboxylic acids is 1. The first-order chi connectivity index (χ1) is 16.0. The summed E-state index contributed by atoms with van der Waals surface area (Å²) in [6.07, 6.45) is 1.25. The van der Waals surface area contributed by atoms with E-state index < -0.39 is 0 Å². The smallest absolute Gasteiger partial charge is 0.232 e. The number of carbonyl (C=O) groups is 1. The van der Waals surface area contributed by atoms with Gasteiger partial charge in [-0.25, -0.2) is 0 Å². The average molecular weight is 447 g/mol. The van der Waals surface area contributed by atoms with Crippen molar-refractivity contribution in [2.45, 2.75) is 25.7 Å². The monoisotopic (exact) mass is 446 g/mol. The third kappa shape index (κ3) is 3.61. The van der Waals surface area contributed by atoms with Gasteiger partial charge in [0.1, 0.15) is 0 Å². The van der Waals surface area contributed by atoms with Crippen molar-refractivity contribution >= 4 is 16.8 Å². The molecule has 1 aliphatic rings. The van der Waals surface area contributed by atoms with Crippen molar-refractivity contribution in [3.05, 3.63) is 47.9 Å². The van der Waals surface area contributed by atoms with Crippen LogP contribution in [0.1, 0.15) is 30.7 Å². The Morgan fingerprint density at radius 3 is 2.61 bits per heavy atom. The van der Waals surface area contributed by atoms with Crippen LogP contribution < -0.4 is 9.47 Å². The maximum Gasteiger partial charge on any atom is 0.232 e. The van der Waals surface area contributed by atoms with Gasteiger partial charge in [-0.3, -0.25) is 4.79 Å². The molecule has 170 valence electrons. The second kappa shape index (κ2) is 8.27. The molecular weight excluding hydrogens is 420 g/mol. The molecule has 1 amide bonds. The molecular formula is C25H26N4O4. The lowest BCUT2D eigenvalue weighted by atomic mass is 10.0. The summed E-state index contributed by atoms with van der Waals surface area (Å²) in [4.78, 5) is 21.7. The molecule has 3 heterocycles. The van der Waals surface area contributed by atoms with E-state index in [4.69, 9.17) is 14.0 Å². The lowest BCUT2D eigenvalue weighted by Crippen LogP contribution is -2.18. The molecule has 1 N–H and O–H groups in total. The number of ether oxygens (including phenoxy) is 2. The number of benzene rings is 2. The van der Waals surface area contributed by atoms with Gasteiger partial charge in [0.25, 0.3) is 0 Å². The molecule has 1 aliphatic heterocycles. The summed E-state index contributed by atoms with van der Waals surface area (Å²) in [6, 6.07) is 12.0. The van der Waals surface area contributed by atoms with Gasteiger partial charge in [-0.05, 0) is 48.4 Å². The number of hydrogen-bond donors (Lipinski definition) is 1. The molecule has 1 saturated heterocycles. The minimum absolute atomic E-state index is 0.0532. The Hall–Kier alpha value is -3.81. The second-order valence-electron chi connectivity index (χ2n) is 8.29. The van der Waals surface area contributed by atoms with Gasteiger partial charge < -0.3 is 23.9 Å². The number of nitrogens with zero attached hydrogens (tertiary/aromatic N) is 3. The first-order valence-electron chi connectivity index (χ1n) is 11.0.